The molecular formula is C23H26BN2OS. The molecule has 3 nitrogen and oxygen atoms in total. The van der Waals surface area contributed by atoms with Gasteiger partial charge in [-0.1, -0.05) is 37.2 Å². The lowest BCUT2D eigenvalue weighted by Crippen LogP contribution is -2.43. The number of hydrogen-bond acceptors (Lipinski definition) is 4. The van der Waals surface area contributed by atoms with Crippen LogP contribution < -0.4 is 15.5 Å². The van der Waals surface area contributed by atoms with Gasteiger partial charge in [-0.05, 0) is 43.5 Å². The Hall–Kier alpha value is -2.01. The van der Waals surface area contributed by atoms with E-state index < -0.39 is 0 Å². The fraction of sp³-hybridized carbons (Fsp3) is 0.391. The van der Waals surface area contributed by atoms with E-state index in [1.165, 1.54) is 10.9 Å². The number of thioether (sulfide) groups is 1. The summed E-state index contributed by atoms with van der Waals surface area (Å²) < 4.78 is 0. The smallest absolute Gasteiger partial charge is 0.167 e. The van der Waals surface area contributed by atoms with Crippen LogP contribution in [-0.4, -0.2) is 37.4 Å². The maximum Gasteiger partial charge on any atom is 0.167 e. The number of carbonyl (C=O) groups is 1. The van der Waals surface area contributed by atoms with Crippen molar-refractivity contribution in [1.29, 1.82) is 0 Å². The standard InChI is InChI=1S/C23H26BN2OS/c1-24-17-7-8-20-19(15-17)21(9-12-25-20)26-13-10-16(11-14-26)23(27)18-5-3-4-6-22(18)28-2/h3-6,8-9,12,15-17H,7,10-11,13-14H2,1-2H3. The number of hydrogen-bond donors (Lipinski definition) is 0. The molecule has 2 aromatic rings. The molecule has 5 heteroatoms. The quantitative estimate of drug-likeness (QED) is 0.446. The molecule has 1 fully saturated rings. The number of nitrogens with zero attached hydrogens (tertiary/aromatic N) is 2. The van der Waals surface area contributed by atoms with E-state index in [-0.39, 0.29) is 5.92 Å². The van der Waals surface area contributed by atoms with Gasteiger partial charge in [0.1, 0.15) is 7.28 Å². The summed E-state index contributed by atoms with van der Waals surface area (Å²) in [6, 6.07) is 10.1. The highest BCUT2D eigenvalue weighted by molar-refractivity contribution is 7.98. The molecule has 2 aliphatic rings. The van der Waals surface area contributed by atoms with Gasteiger partial charge in [0.05, 0.1) is 5.35 Å². The molecule has 0 saturated carbocycles. The van der Waals surface area contributed by atoms with Crippen LogP contribution in [0.25, 0.3) is 12.2 Å². The Kier molecular flexibility index (Phi) is 5.91. The molecule has 1 aliphatic heterocycles. The first-order chi connectivity index (χ1) is 13.7. The molecule has 4 rings (SSSR count). The van der Waals surface area contributed by atoms with E-state index in [1.807, 2.05) is 36.7 Å². The third-order valence-corrected chi connectivity index (χ3v) is 6.76. The van der Waals surface area contributed by atoms with E-state index in [9.17, 15) is 4.79 Å². The summed E-state index contributed by atoms with van der Waals surface area (Å²) in [5.74, 6) is 0.911. The number of carbonyl (C=O) groups excluding carboxylic acids is 1. The molecule has 1 atom stereocenters. The van der Waals surface area contributed by atoms with Crippen molar-refractivity contribution in [2.75, 3.05) is 24.2 Å². The van der Waals surface area contributed by atoms with E-state index >= 15 is 0 Å². The van der Waals surface area contributed by atoms with E-state index in [4.69, 9.17) is 0 Å². The van der Waals surface area contributed by atoms with E-state index in [0.717, 1.165) is 48.2 Å². The summed E-state index contributed by atoms with van der Waals surface area (Å²) in [6.45, 7) is 3.96. The Balaban J connectivity index is 1.52. The van der Waals surface area contributed by atoms with Crippen LogP contribution in [0.3, 0.4) is 0 Å². The Morgan fingerprint density at radius 1 is 1.21 bits per heavy atom. The number of anilines is 1. The summed E-state index contributed by atoms with van der Waals surface area (Å²) in [4.78, 5) is 21.2. The summed E-state index contributed by atoms with van der Waals surface area (Å²) in [5.41, 5.74) is 2.15. The first-order valence-corrected chi connectivity index (χ1v) is 11.3. The second kappa shape index (κ2) is 8.56. The van der Waals surface area contributed by atoms with Crippen LogP contribution >= 0.6 is 11.8 Å². The van der Waals surface area contributed by atoms with Gasteiger partial charge in [0.15, 0.2) is 5.78 Å². The molecule has 2 heterocycles. The Labute approximate surface area is 172 Å². The SMILES string of the molecule is C[B]C1C=c2c(N3CCC(C(=O)c4ccccc4SC)CC3)ccnc2=CC1. The van der Waals surface area contributed by atoms with Crippen molar-refractivity contribution in [3.63, 3.8) is 0 Å². The van der Waals surface area contributed by atoms with Gasteiger partial charge < -0.3 is 4.90 Å². The van der Waals surface area contributed by atoms with E-state index in [0.29, 0.717) is 11.6 Å². The summed E-state index contributed by atoms with van der Waals surface area (Å²) in [6.07, 6.45) is 11.4. The first kappa shape index (κ1) is 19.3. The average Bonchev–Trinajstić information content (AvgIpc) is 2.78. The molecule has 0 N–H and O–H groups in total. The van der Waals surface area contributed by atoms with Gasteiger partial charge in [-0.25, -0.2) is 0 Å². The average molecular weight is 389 g/mol. The lowest BCUT2D eigenvalue weighted by molar-refractivity contribution is 0.0897. The van der Waals surface area contributed by atoms with Gasteiger partial charge in [0, 0.05) is 46.6 Å². The molecule has 1 saturated heterocycles. The van der Waals surface area contributed by atoms with Gasteiger partial charge in [-0.3, -0.25) is 9.78 Å². The number of ketones is 1. The van der Waals surface area contributed by atoms with Gasteiger partial charge in [0.2, 0.25) is 0 Å². The zero-order valence-electron chi connectivity index (χ0n) is 16.6. The van der Waals surface area contributed by atoms with Crippen molar-refractivity contribution in [3.8, 4) is 0 Å². The second-order valence-electron chi connectivity index (χ2n) is 7.56. The summed E-state index contributed by atoms with van der Waals surface area (Å²) in [5, 5.41) is 2.36. The summed E-state index contributed by atoms with van der Waals surface area (Å²) >= 11 is 1.65. The van der Waals surface area contributed by atoms with Crippen molar-refractivity contribution in [1.82, 2.24) is 4.98 Å². The molecule has 1 aromatic heterocycles. The van der Waals surface area contributed by atoms with Gasteiger partial charge in [-0.15, -0.1) is 11.8 Å². The maximum atomic E-state index is 13.1. The predicted octanol–water partition coefficient (Wildman–Crippen LogP) is 3.41. The van der Waals surface area contributed by atoms with Crippen molar-refractivity contribution in [3.05, 3.63) is 52.7 Å². The predicted molar refractivity (Wildman–Crippen MR) is 120 cm³/mol. The van der Waals surface area contributed by atoms with Crippen LogP contribution in [0.2, 0.25) is 12.6 Å². The molecule has 1 aliphatic carbocycles. The highest BCUT2D eigenvalue weighted by Crippen LogP contribution is 2.28. The lowest BCUT2D eigenvalue weighted by atomic mass is 9.64. The largest absolute Gasteiger partial charge is 0.371 e. The minimum atomic E-state index is 0.120. The van der Waals surface area contributed by atoms with Gasteiger partial charge in [-0.2, -0.15) is 0 Å². The van der Waals surface area contributed by atoms with Crippen LogP contribution in [0.4, 0.5) is 5.69 Å². The Morgan fingerprint density at radius 3 is 2.75 bits per heavy atom. The maximum absolute atomic E-state index is 13.1. The normalized spacial score (nSPS) is 19.4. The topological polar surface area (TPSA) is 33.2 Å². The number of pyridine rings is 1. The van der Waals surface area contributed by atoms with Crippen molar-refractivity contribution >= 4 is 42.7 Å². The van der Waals surface area contributed by atoms with Crippen LogP contribution in [0.15, 0.2) is 41.4 Å². The second-order valence-corrected chi connectivity index (χ2v) is 8.41. The molecule has 0 amide bonds. The zero-order valence-corrected chi connectivity index (χ0v) is 17.4. The third-order valence-electron chi connectivity index (χ3n) is 5.97. The van der Waals surface area contributed by atoms with Gasteiger partial charge >= 0.3 is 0 Å². The van der Waals surface area contributed by atoms with Crippen LogP contribution in [-0.2, 0) is 0 Å². The first-order valence-electron chi connectivity index (χ1n) is 10.1. The molecule has 143 valence electrons. The molecule has 1 unspecified atom stereocenters. The van der Waals surface area contributed by atoms with Crippen molar-refractivity contribution in [2.24, 2.45) is 5.92 Å². The van der Waals surface area contributed by atoms with Crippen molar-refractivity contribution in [2.45, 2.75) is 36.8 Å². The monoisotopic (exact) mass is 389 g/mol. The van der Waals surface area contributed by atoms with Crippen molar-refractivity contribution < 1.29 is 4.79 Å². The molecule has 0 spiro atoms. The fourth-order valence-corrected chi connectivity index (χ4v) is 4.90. The van der Waals surface area contributed by atoms with Gasteiger partial charge in [0.25, 0.3) is 0 Å². The Morgan fingerprint density at radius 2 is 2.00 bits per heavy atom. The number of Topliss-reactive ketones (excluding diaryl/α,β-unsaturated/α-hetero) is 1. The summed E-state index contributed by atoms with van der Waals surface area (Å²) in [7, 11) is 2.25. The Bertz CT molecular complexity index is 982. The fourth-order valence-electron chi connectivity index (χ4n) is 4.30. The number of fused-ring (bicyclic) bond motifs is 1. The number of benzene rings is 1. The van der Waals surface area contributed by atoms with Crippen LogP contribution in [0.1, 0.15) is 29.6 Å². The van der Waals surface area contributed by atoms with E-state index in [2.05, 4.69) is 42.2 Å². The highest BCUT2D eigenvalue weighted by atomic mass is 32.2. The number of rotatable bonds is 5. The third kappa shape index (κ3) is 3.77. The molecule has 1 radical (unpaired) electrons. The minimum Gasteiger partial charge on any atom is -0.371 e. The van der Waals surface area contributed by atoms with E-state index in [1.54, 1.807) is 11.8 Å². The zero-order chi connectivity index (χ0) is 19.5. The molecule has 1 aromatic carbocycles. The molecule has 0 bridgehead atoms. The molecular weight excluding hydrogens is 363 g/mol. The van der Waals surface area contributed by atoms with Crippen LogP contribution in [0.5, 0.6) is 0 Å². The lowest BCUT2D eigenvalue weighted by Gasteiger charge is -2.34. The molecule has 28 heavy (non-hydrogen) atoms. The number of piperidine rings is 1. The van der Waals surface area contributed by atoms with Crippen LogP contribution in [0, 0.1) is 5.92 Å². The highest BCUT2D eigenvalue weighted by Gasteiger charge is 2.27. The minimum absolute atomic E-state index is 0.120. The number of aromatic nitrogens is 1.